The lowest BCUT2D eigenvalue weighted by Crippen LogP contribution is -2.01. The lowest BCUT2D eigenvalue weighted by atomic mass is 10.1. The third-order valence-corrected chi connectivity index (χ3v) is 2.21. The van der Waals surface area contributed by atoms with Crippen molar-refractivity contribution in [3.05, 3.63) is 48.0 Å². The molecule has 0 saturated carbocycles. The van der Waals surface area contributed by atoms with Gasteiger partial charge in [0.25, 0.3) is 0 Å². The highest BCUT2D eigenvalue weighted by atomic mass is 15.4. The Morgan fingerprint density at radius 1 is 1.00 bits per heavy atom. The average Bonchev–Trinajstić information content (AvgIpc) is 2.26. The van der Waals surface area contributed by atoms with Crippen LogP contribution >= 0.6 is 0 Å². The van der Waals surface area contributed by atoms with Gasteiger partial charge in [0.05, 0.1) is 6.21 Å². The van der Waals surface area contributed by atoms with Crippen LogP contribution in [0, 0.1) is 0 Å². The van der Waals surface area contributed by atoms with E-state index in [0.717, 1.165) is 5.56 Å². The van der Waals surface area contributed by atoms with Crippen molar-refractivity contribution in [1.29, 1.82) is 0 Å². The molecule has 15 heavy (non-hydrogen) atoms. The molecule has 0 spiro atoms. The quantitative estimate of drug-likeness (QED) is 0.535. The molecule has 0 bridgehead atoms. The normalized spacial score (nSPS) is 11.1. The third-order valence-electron chi connectivity index (χ3n) is 2.21. The number of benzene rings is 2. The van der Waals surface area contributed by atoms with E-state index in [1.165, 1.54) is 10.8 Å². The van der Waals surface area contributed by atoms with Gasteiger partial charge in [-0.1, -0.05) is 36.4 Å². The molecule has 0 N–H and O–H groups in total. The molecule has 76 valence electrons. The van der Waals surface area contributed by atoms with Crippen molar-refractivity contribution in [2.75, 3.05) is 14.1 Å². The lowest BCUT2D eigenvalue weighted by molar-refractivity contribution is 0.440. The van der Waals surface area contributed by atoms with Gasteiger partial charge in [0, 0.05) is 14.1 Å². The minimum absolute atomic E-state index is 1.13. The predicted molar refractivity (Wildman–Crippen MR) is 65.2 cm³/mol. The van der Waals surface area contributed by atoms with Crippen molar-refractivity contribution in [2.24, 2.45) is 5.10 Å². The van der Waals surface area contributed by atoms with Crippen LogP contribution in [0.3, 0.4) is 0 Å². The molecular formula is C13H14N2. The Morgan fingerprint density at radius 2 is 1.73 bits per heavy atom. The van der Waals surface area contributed by atoms with Gasteiger partial charge in [-0.2, -0.15) is 5.10 Å². The highest BCUT2D eigenvalue weighted by molar-refractivity contribution is 5.90. The van der Waals surface area contributed by atoms with Crippen LogP contribution in [0.15, 0.2) is 47.6 Å². The van der Waals surface area contributed by atoms with Crippen molar-refractivity contribution < 1.29 is 0 Å². The second kappa shape index (κ2) is 4.13. The molecule has 2 aromatic carbocycles. The monoisotopic (exact) mass is 198 g/mol. The molecule has 0 aliphatic rings. The van der Waals surface area contributed by atoms with Gasteiger partial charge in [-0.15, -0.1) is 0 Å². The second-order valence-corrected chi connectivity index (χ2v) is 3.70. The Kier molecular flexibility index (Phi) is 2.68. The fraction of sp³-hybridized carbons (Fsp3) is 0.154. The molecule has 0 heterocycles. The molecule has 0 amide bonds. The number of nitrogens with zero attached hydrogens (tertiary/aromatic N) is 2. The molecule has 0 aliphatic heterocycles. The fourth-order valence-electron chi connectivity index (χ4n) is 1.47. The zero-order valence-electron chi connectivity index (χ0n) is 9.01. The van der Waals surface area contributed by atoms with Crippen molar-refractivity contribution in [3.8, 4) is 0 Å². The van der Waals surface area contributed by atoms with Crippen molar-refractivity contribution >= 4 is 17.0 Å². The number of rotatable bonds is 2. The molecule has 2 aromatic rings. The minimum atomic E-state index is 1.13. The maximum Gasteiger partial charge on any atom is 0.0542 e. The molecular weight excluding hydrogens is 184 g/mol. The molecule has 0 aromatic heterocycles. The second-order valence-electron chi connectivity index (χ2n) is 3.70. The first-order valence-electron chi connectivity index (χ1n) is 4.96. The van der Waals surface area contributed by atoms with E-state index in [9.17, 15) is 0 Å². The van der Waals surface area contributed by atoms with Crippen LogP contribution in [-0.2, 0) is 0 Å². The number of fused-ring (bicyclic) bond motifs is 1. The van der Waals surface area contributed by atoms with E-state index >= 15 is 0 Å². The first kappa shape index (κ1) is 9.71. The highest BCUT2D eigenvalue weighted by Crippen LogP contribution is 2.14. The molecule has 0 radical (unpaired) electrons. The van der Waals surface area contributed by atoms with Crippen LogP contribution in [0.25, 0.3) is 10.8 Å². The maximum absolute atomic E-state index is 4.21. The molecule has 2 nitrogen and oxygen atoms in total. The topological polar surface area (TPSA) is 15.6 Å². The molecule has 0 aliphatic carbocycles. The summed E-state index contributed by atoms with van der Waals surface area (Å²) in [7, 11) is 3.83. The Bertz CT molecular complexity index is 487. The van der Waals surface area contributed by atoms with Gasteiger partial charge in [0.15, 0.2) is 0 Å². The van der Waals surface area contributed by atoms with E-state index in [-0.39, 0.29) is 0 Å². The number of hydrogen-bond acceptors (Lipinski definition) is 2. The molecule has 0 saturated heterocycles. The summed E-state index contributed by atoms with van der Waals surface area (Å²) in [6.07, 6.45) is 1.87. The lowest BCUT2D eigenvalue weighted by Gasteiger charge is -2.03. The van der Waals surface area contributed by atoms with E-state index < -0.39 is 0 Å². The smallest absolute Gasteiger partial charge is 0.0542 e. The summed E-state index contributed by atoms with van der Waals surface area (Å²) in [5.74, 6) is 0. The number of hydrazone groups is 1. The fourth-order valence-corrected chi connectivity index (χ4v) is 1.47. The van der Waals surface area contributed by atoms with Crippen LogP contribution in [0.5, 0.6) is 0 Å². The van der Waals surface area contributed by atoms with Crippen molar-refractivity contribution in [1.82, 2.24) is 5.01 Å². The predicted octanol–water partition coefficient (Wildman–Crippen LogP) is 2.74. The molecule has 0 atom stereocenters. The van der Waals surface area contributed by atoms with Gasteiger partial charge in [-0.05, 0) is 22.4 Å². The summed E-state index contributed by atoms with van der Waals surface area (Å²) < 4.78 is 0. The largest absolute Gasteiger partial charge is 0.303 e. The Morgan fingerprint density at radius 3 is 2.47 bits per heavy atom. The van der Waals surface area contributed by atoms with Gasteiger partial charge in [-0.25, -0.2) is 0 Å². The number of hydrogen-bond donors (Lipinski definition) is 0. The summed E-state index contributed by atoms with van der Waals surface area (Å²) >= 11 is 0. The standard InChI is InChI=1S/C13H14N2/c1-15(2)14-10-11-7-8-12-5-3-4-6-13(12)9-11/h3-10H,1-2H3. The van der Waals surface area contributed by atoms with Gasteiger partial charge in [0.1, 0.15) is 0 Å². The first-order valence-corrected chi connectivity index (χ1v) is 4.96. The molecule has 2 rings (SSSR count). The first-order chi connectivity index (χ1) is 7.25. The Balaban J connectivity index is 2.39. The van der Waals surface area contributed by atoms with Gasteiger partial charge < -0.3 is 5.01 Å². The van der Waals surface area contributed by atoms with Crippen molar-refractivity contribution in [3.63, 3.8) is 0 Å². The molecule has 0 unspecified atom stereocenters. The van der Waals surface area contributed by atoms with E-state index in [2.05, 4.69) is 47.6 Å². The molecule has 0 fully saturated rings. The van der Waals surface area contributed by atoms with Crippen LogP contribution in [0.4, 0.5) is 0 Å². The summed E-state index contributed by atoms with van der Waals surface area (Å²) in [6, 6.07) is 14.7. The van der Waals surface area contributed by atoms with Gasteiger partial charge in [-0.3, -0.25) is 0 Å². The summed E-state index contributed by atoms with van der Waals surface area (Å²) in [5.41, 5.74) is 1.13. The summed E-state index contributed by atoms with van der Waals surface area (Å²) in [4.78, 5) is 0. The van der Waals surface area contributed by atoms with Crippen LogP contribution in [0.2, 0.25) is 0 Å². The SMILES string of the molecule is CN(C)N=Cc1ccc2ccccc2c1. The van der Waals surface area contributed by atoms with Crippen molar-refractivity contribution in [2.45, 2.75) is 0 Å². The van der Waals surface area contributed by atoms with E-state index in [0.29, 0.717) is 0 Å². The van der Waals surface area contributed by atoms with Gasteiger partial charge >= 0.3 is 0 Å². The minimum Gasteiger partial charge on any atom is -0.303 e. The molecule has 2 heteroatoms. The average molecular weight is 198 g/mol. The summed E-state index contributed by atoms with van der Waals surface area (Å²) in [5, 5.41) is 8.51. The van der Waals surface area contributed by atoms with E-state index in [4.69, 9.17) is 0 Å². The Hall–Kier alpha value is -1.83. The van der Waals surface area contributed by atoms with Crippen LogP contribution in [-0.4, -0.2) is 25.3 Å². The highest BCUT2D eigenvalue weighted by Gasteiger charge is 1.93. The van der Waals surface area contributed by atoms with Crippen LogP contribution in [0.1, 0.15) is 5.56 Å². The zero-order chi connectivity index (χ0) is 10.7. The summed E-state index contributed by atoms with van der Waals surface area (Å²) in [6.45, 7) is 0. The van der Waals surface area contributed by atoms with Crippen LogP contribution < -0.4 is 0 Å². The van der Waals surface area contributed by atoms with E-state index in [1.54, 1.807) is 5.01 Å². The Labute approximate surface area is 89.8 Å². The van der Waals surface area contributed by atoms with Gasteiger partial charge in [0.2, 0.25) is 0 Å². The van der Waals surface area contributed by atoms with E-state index in [1.807, 2.05) is 20.3 Å². The zero-order valence-corrected chi connectivity index (χ0v) is 9.01. The third kappa shape index (κ3) is 2.34. The maximum atomic E-state index is 4.21.